The predicted octanol–water partition coefficient (Wildman–Crippen LogP) is 4.18. The standard InChI is InChI=1S/C32H43N5O7/c1-20-16-37(21(2)18-38)30(39)14-22-13-24(33-31(40)34-25-10-12-27-28(15-25)43-19-42-27)9-11-26(22)44-29(20)17-36(3)32(41)35-23-7-5-4-6-8-23/h9-13,15,20-21,23,29,38H,4-8,14,16-19H2,1-3H3,(H,35,41)(H2,33,34,40)/t20-,21-,29-/m0/s1. The van der Waals surface area contributed by atoms with E-state index in [1.54, 1.807) is 53.2 Å². The quantitative estimate of drug-likeness (QED) is 0.369. The third-order valence-corrected chi connectivity index (χ3v) is 8.54. The fourth-order valence-electron chi connectivity index (χ4n) is 5.88. The molecule has 0 aromatic heterocycles. The second-order valence-corrected chi connectivity index (χ2v) is 12.0. The van der Waals surface area contributed by atoms with E-state index in [0.717, 1.165) is 25.7 Å². The number of hydrogen-bond donors (Lipinski definition) is 4. The molecule has 44 heavy (non-hydrogen) atoms. The average molecular weight is 610 g/mol. The van der Waals surface area contributed by atoms with Crippen molar-refractivity contribution in [1.29, 1.82) is 0 Å². The highest BCUT2D eigenvalue weighted by molar-refractivity contribution is 6.00. The van der Waals surface area contributed by atoms with Gasteiger partial charge < -0.3 is 45.1 Å². The van der Waals surface area contributed by atoms with E-state index in [1.165, 1.54) is 6.42 Å². The Bertz CT molecular complexity index is 1350. The summed E-state index contributed by atoms with van der Waals surface area (Å²) in [4.78, 5) is 42.7. The fourth-order valence-corrected chi connectivity index (χ4v) is 5.88. The Morgan fingerprint density at radius 1 is 1.02 bits per heavy atom. The molecule has 2 heterocycles. The van der Waals surface area contributed by atoms with Crippen LogP contribution in [0.4, 0.5) is 21.0 Å². The van der Waals surface area contributed by atoms with Crippen LogP contribution in [0.5, 0.6) is 17.2 Å². The Labute approximate surface area is 258 Å². The first kappa shape index (κ1) is 31.2. The highest BCUT2D eigenvalue weighted by Crippen LogP contribution is 2.34. The maximum Gasteiger partial charge on any atom is 0.323 e. The molecule has 1 aliphatic carbocycles. The summed E-state index contributed by atoms with van der Waals surface area (Å²) in [6.45, 7) is 4.43. The molecule has 0 unspecified atom stereocenters. The zero-order valence-corrected chi connectivity index (χ0v) is 25.6. The van der Waals surface area contributed by atoms with Crippen LogP contribution in [0.3, 0.4) is 0 Å². The molecule has 12 heteroatoms. The van der Waals surface area contributed by atoms with Crippen molar-refractivity contribution in [3.8, 4) is 17.2 Å². The molecule has 1 saturated carbocycles. The summed E-state index contributed by atoms with van der Waals surface area (Å²) in [5.74, 6) is 1.38. The number of carbonyl (C=O) groups excluding carboxylic acids is 3. The van der Waals surface area contributed by atoms with Gasteiger partial charge in [0.25, 0.3) is 0 Å². The van der Waals surface area contributed by atoms with Gasteiger partial charge in [0, 0.05) is 48.6 Å². The van der Waals surface area contributed by atoms with Crippen molar-refractivity contribution in [1.82, 2.24) is 15.1 Å². The van der Waals surface area contributed by atoms with Crippen LogP contribution in [0, 0.1) is 5.92 Å². The van der Waals surface area contributed by atoms with Crippen LogP contribution >= 0.6 is 0 Å². The molecule has 2 aromatic rings. The van der Waals surface area contributed by atoms with E-state index in [4.69, 9.17) is 14.2 Å². The monoisotopic (exact) mass is 609 g/mol. The second-order valence-electron chi connectivity index (χ2n) is 12.0. The number of rotatable bonds is 7. The van der Waals surface area contributed by atoms with Crippen LogP contribution in [0.1, 0.15) is 51.5 Å². The predicted molar refractivity (Wildman–Crippen MR) is 165 cm³/mol. The van der Waals surface area contributed by atoms with Gasteiger partial charge in [0.05, 0.1) is 25.6 Å². The molecule has 238 valence electrons. The summed E-state index contributed by atoms with van der Waals surface area (Å²) < 4.78 is 17.2. The Morgan fingerprint density at radius 2 is 1.70 bits per heavy atom. The minimum absolute atomic E-state index is 0.0242. The Morgan fingerprint density at radius 3 is 2.43 bits per heavy atom. The van der Waals surface area contributed by atoms with Crippen molar-refractivity contribution in [3.05, 3.63) is 42.0 Å². The smallest absolute Gasteiger partial charge is 0.323 e. The van der Waals surface area contributed by atoms with E-state index in [-0.39, 0.29) is 43.7 Å². The molecule has 3 aliphatic rings. The van der Waals surface area contributed by atoms with Crippen LogP contribution in [0.2, 0.25) is 0 Å². The number of carbonyl (C=O) groups is 3. The second kappa shape index (κ2) is 14.1. The number of urea groups is 2. The average Bonchev–Trinajstić information content (AvgIpc) is 3.49. The number of nitrogens with zero attached hydrogens (tertiary/aromatic N) is 2. The van der Waals surface area contributed by atoms with Crippen LogP contribution in [-0.4, -0.2) is 84.6 Å². The number of likely N-dealkylation sites (N-methyl/N-ethyl adjacent to an activating group) is 1. The molecule has 2 aliphatic heterocycles. The molecule has 0 bridgehead atoms. The first-order valence-corrected chi connectivity index (χ1v) is 15.4. The number of ether oxygens (including phenoxy) is 3. The molecule has 2 aromatic carbocycles. The van der Waals surface area contributed by atoms with Gasteiger partial charge in [-0.05, 0) is 50.1 Å². The molecule has 5 amide bonds. The lowest BCUT2D eigenvalue weighted by molar-refractivity contribution is -0.134. The number of benzene rings is 2. The van der Waals surface area contributed by atoms with Gasteiger partial charge >= 0.3 is 12.1 Å². The van der Waals surface area contributed by atoms with Crippen molar-refractivity contribution < 1.29 is 33.7 Å². The van der Waals surface area contributed by atoms with Gasteiger partial charge in [-0.25, -0.2) is 9.59 Å². The number of amides is 5. The topological polar surface area (TPSA) is 142 Å². The minimum atomic E-state index is -0.466. The van der Waals surface area contributed by atoms with Gasteiger partial charge in [0.15, 0.2) is 11.5 Å². The minimum Gasteiger partial charge on any atom is -0.488 e. The molecule has 12 nitrogen and oxygen atoms in total. The van der Waals surface area contributed by atoms with Gasteiger partial charge in [-0.15, -0.1) is 0 Å². The molecule has 4 N–H and O–H groups in total. The number of nitrogens with one attached hydrogen (secondary N) is 3. The maximum atomic E-state index is 13.5. The van der Waals surface area contributed by atoms with Crippen molar-refractivity contribution in [2.45, 2.75) is 70.6 Å². The number of anilines is 2. The SMILES string of the molecule is C[C@H]1CN([C@@H](C)CO)C(=O)Cc2cc(NC(=O)Nc3ccc4c(c3)OCO4)ccc2O[C@H]1CN(C)C(=O)NC1CCCCC1. The number of aliphatic hydroxyl groups is 1. The van der Waals surface area contributed by atoms with E-state index in [2.05, 4.69) is 16.0 Å². The largest absolute Gasteiger partial charge is 0.488 e. The summed E-state index contributed by atoms with van der Waals surface area (Å²) in [6.07, 6.45) is 5.03. The summed E-state index contributed by atoms with van der Waals surface area (Å²) >= 11 is 0. The Balaban J connectivity index is 1.32. The first-order chi connectivity index (χ1) is 21.2. The number of aliphatic hydroxyl groups excluding tert-OH is 1. The summed E-state index contributed by atoms with van der Waals surface area (Å²) in [6, 6.07) is 9.49. The van der Waals surface area contributed by atoms with Crippen LogP contribution < -0.4 is 30.2 Å². The molecular formula is C32H43N5O7. The lowest BCUT2D eigenvalue weighted by atomic mass is 9.96. The van der Waals surface area contributed by atoms with E-state index in [9.17, 15) is 19.5 Å². The van der Waals surface area contributed by atoms with E-state index < -0.39 is 18.2 Å². The zero-order valence-electron chi connectivity index (χ0n) is 25.6. The van der Waals surface area contributed by atoms with E-state index >= 15 is 0 Å². The van der Waals surface area contributed by atoms with Crippen LogP contribution in [-0.2, 0) is 11.2 Å². The highest BCUT2D eigenvalue weighted by Gasteiger charge is 2.32. The summed E-state index contributed by atoms with van der Waals surface area (Å²) in [5.41, 5.74) is 1.61. The maximum absolute atomic E-state index is 13.5. The molecule has 1 fully saturated rings. The van der Waals surface area contributed by atoms with Gasteiger partial charge in [0.1, 0.15) is 11.9 Å². The van der Waals surface area contributed by atoms with Crippen molar-refractivity contribution in [2.24, 2.45) is 5.92 Å². The summed E-state index contributed by atoms with van der Waals surface area (Å²) in [5, 5.41) is 18.7. The molecule has 3 atom stereocenters. The zero-order chi connectivity index (χ0) is 31.2. The molecule has 5 rings (SSSR count). The van der Waals surface area contributed by atoms with Crippen molar-refractivity contribution in [2.75, 3.05) is 44.2 Å². The molecular weight excluding hydrogens is 566 g/mol. The molecule has 0 spiro atoms. The fraction of sp³-hybridized carbons (Fsp3) is 0.531. The third-order valence-electron chi connectivity index (χ3n) is 8.54. The molecule has 0 radical (unpaired) electrons. The number of fused-ring (bicyclic) bond motifs is 2. The van der Waals surface area contributed by atoms with E-state index in [1.807, 2.05) is 13.8 Å². The Kier molecular flexibility index (Phi) is 9.99. The normalized spacial score (nSPS) is 20.7. The van der Waals surface area contributed by atoms with Crippen LogP contribution in [0.25, 0.3) is 0 Å². The first-order valence-electron chi connectivity index (χ1n) is 15.4. The third kappa shape index (κ3) is 7.65. The van der Waals surface area contributed by atoms with Gasteiger partial charge in [-0.3, -0.25) is 4.79 Å². The van der Waals surface area contributed by atoms with Gasteiger partial charge in [-0.1, -0.05) is 26.2 Å². The van der Waals surface area contributed by atoms with Crippen molar-refractivity contribution in [3.63, 3.8) is 0 Å². The Hall–Kier alpha value is -4.19. The van der Waals surface area contributed by atoms with Gasteiger partial charge in [0.2, 0.25) is 12.7 Å². The van der Waals surface area contributed by atoms with Gasteiger partial charge in [-0.2, -0.15) is 0 Å². The lowest BCUT2D eigenvalue weighted by Crippen LogP contribution is -2.50. The molecule has 0 saturated heterocycles. The highest BCUT2D eigenvalue weighted by atomic mass is 16.7. The van der Waals surface area contributed by atoms with Crippen LogP contribution in [0.15, 0.2) is 36.4 Å². The number of hydrogen-bond acceptors (Lipinski definition) is 7. The van der Waals surface area contributed by atoms with Crippen molar-refractivity contribution >= 4 is 29.3 Å². The van der Waals surface area contributed by atoms with E-state index in [0.29, 0.717) is 47.3 Å². The lowest BCUT2D eigenvalue weighted by Gasteiger charge is -2.34. The summed E-state index contributed by atoms with van der Waals surface area (Å²) in [7, 11) is 1.76.